The van der Waals surface area contributed by atoms with Gasteiger partial charge in [-0.15, -0.1) is 0 Å². The number of carbonyl (C=O) groups excluding carboxylic acids is 1. The van der Waals surface area contributed by atoms with Crippen LogP contribution in [0.25, 0.3) is 10.8 Å². The molecule has 5 heteroatoms. The first-order valence-corrected chi connectivity index (χ1v) is 6.10. The fraction of sp³-hybridized carbons (Fsp3) is 0. The fourth-order valence-corrected chi connectivity index (χ4v) is 2.21. The summed E-state index contributed by atoms with van der Waals surface area (Å²) in [6, 6.07) is 7.36. The summed E-state index contributed by atoms with van der Waals surface area (Å²) in [6.45, 7) is 0. The zero-order valence-electron chi connectivity index (χ0n) is 10.6. The topological polar surface area (TPSA) is 30.0 Å². The predicted octanol–water partition coefficient (Wildman–Crippen LogP) is 3.88. The smallest absolute Gasteiger partial charge is 0.199 e. The van der Waals surface area contributed by atoms with Gasteiger partial charge in [0.25, 0.3) is 0 Å². The molecule has 1 heterocycles. The molecule has 0 N–H and O–H groups in total. The predicted molar refractivity (Wildman–Crippen MR) is 71.5 cm³/mol. The van der Waals surface area contributed by atoms with Crippen LogP contribution >= 0.6 is 0 Å². The highest BCUT2D eigenvalue weighted by Crippen LogP contribution is 2.24. The van der Waals surface area contributed by atoms with Crippen molar-refractivity contribution in [1.82, 2.24) is 4.98 Å². The fourth-order valence-electron chi connectivity index (χ4n) is 2.21. The van der Waals surface area contributed by atoms with Crippen molar-refractivity contribution in [3.05, 3.63) is 77.4 Å². The van der Waals surface area contributed by atoms with Crippen LogP contribution in [0.4, 0.5) is 13.2 Å². The molecule has 0 radical (unpaired) electrons. The third kappa shape index (κ3) is 2.27. The lowest BCUT2D eigenvalue weighted by Crippen LogP contribution is -2.09. The Hall–Kier alpha value is -2.69. The van der Waals surface area contributed by atoms with Crippen LogP contribution < -0.4 is 0 Å². The van der Waals surface area contributed by atoms with E-state index in [0.29, 0.717) is 22.9 Å². The molecule has 2 aromatic carbocycles. The Balaban J connectivity index is 2.22. The van der Waals surface area contributed by atoms with E-state index in [1.54, 1.807) is 24.4 Å². The highest BCUT2D eigenvalue weighted by Gasteiger charge is 2.21. The number of rotatable bonds is 2. The third-order valence-corrected chi connectivity index (χ3v) is 3.16. The van der Waals surface area contributed by atoms with Crippen LogP contribution in [0.15, 0.2) is 48.8 Å². The molecule has 2 nitrogen and oxygen atoms in total. The lowest BCUT2D eigenvalue weighted by atomic mass is 9.97. The largest absolute Gasteiger partial charge is 0.288 e. The average molecular weight is 287 g/mol. The molecule has 0 fully saturated rings. The molecule has 0 aliphatic rings. The van der Waals surface area contributed by atoms with Crippen LogP contribution in [-0.4, -0.2) is 10.8 Å². The lowest BCUT2D eigenvalue weighted by molar-refractivity contribution is 0.103. The second-order valence-electron chi connectivity index (χ2n) is 4.48. The number of hydrogen-bond donors (Lipinski definition) is 0. The number of pyridine rings is 1. The lowest BCUT2D eigenvalue weighted by Gasteiger charge is -2.07. The second-order valence-corrected chi connectivity index (χ2v) is 4.48. The first kappa shape index (κ1) is 13.3. The molecule has 0 spiro atoms. The van der Waals surface area contributed by atoms with E-state index >= 15 is 0 Å². The zero-order chi connectivity index (χ0) is 15.0. The van der Waals surface area contributed by atoms with Crippen LogP contribution in [0.2, 0.25) is 0 Å². The maximum absolute atomic E-state index is 13.7. The summed E-state index contributed by atoms with van der Waals surface area (Å²) in [4.78, 5) is 16.3. The van der Waals surface area contributed by atoms with Gasteiger partial charge >= 0.3 is 0 Å². The first-order valence-electron chi connectivity index (χ1n) is 6.10. The molecular weight excluding hydrogens is 279 g/mol. The van der Waals surface area contributed by atoms with Gasteiger partial charge in [0, 0.05) is 35.5 Å². The number of aromatic nitrogens is 1. The molecule has 0 amide bonds. The number of benzene rings is 2. The van der Waals surface area contributed by atoms with E-state index in [2.05, 4.69) is 4.98 Å². The number of halogens is 3. The molecule has 0 aliphatic carbocycles. The summed E-state index contributed by atoms with van der Waals surface area (Å²) in [5.74, 6) is -4.34. The molecule has 3 aromatic rings. The van der Waals surface area contributed by atoms with Crippen molar-refractivity contribution in [3.63, 3.8) is 0 Å². The summed E-state index contributed by atoms with van der Waals surface area (Å²) in [5, 5.41) is 1.20. The normalized spacial score (nSPS) is 10.8. The molecule has 104 valence electrons. The Labute approximate surface area is 117 Å². The van der Waals surface area contributed by atoms with Gasteiger partial charge < -0.3 is 0 Å². The molecule has 0 saturated heterocycles. The van der Waals surface area contributed by atoms with Crippen molar-refractivity contribution in [3.8, 4) is 0 Å². The van der Waals surface area contributed by atoms with Gasteiger partial charge in [-0.1, -0.05) is 18.2 Å². The monoisotopic (exact) mass is 287 g/mol. The Bertz CT molecular complexity index is 833. The number of ketones is 1. The summed E-state index contributed by atoms with van der Waals surface area (Å²) < 4.78 is 40.4. The SMILES string of the molecule is O=C(c1c(F)cc(F)cc1F)c1cccc2cnccc12. The molecule has 0 bridgehead atoms. The minimum absolute atomic E-state index is 0.138. The zero-order valence-corrected chi connectivity index (χ0v) is 10.6. The third-order valence-electron chi connectivity index (χ3n) is 3.16. The van der Waals surface area contributed by atoms with Gasteiger partial charge in [-0.2, -0.15) is 0 Å². The molecule has 0 atom stereocenters. The van der Waals surface area contributed by atoms with Crippen molar-refractivity contribution in [2.75, 3.05) is 0 Å². The van der Waals surface area contributed by atoms with Crippen LogP contribution in [0.5, 0.6) is 0 Å². The summed E-state index contributed by atoms with van der Waals surface area (Å²) in [5.41, 5.74) is -0.625. The van der Waals surface area contributed by atoms with E-state index in [1.165, 1.54) is 12.3 Å². The number of carbonyl (C=O) groups is 1. The second kappa shape index (κ2) is 5.01. The van der Waals surface area contributed by atoms with Crippen LogP contribution in [0, 0.1) is 17.5 Å². The highest BCUT2D eigenvalue weighted by atomic mass is 19.1. The standard InChI is InChI=1S/C16H8F3NO/c17-10-6-13(18)15(14(19)7-10)16(21)12-3-1-2-9-8-20-5-4-11(9)12/h1-8H. The minimum Gasteiger partial charge on any atom is -0.288 e. The molecular formula is C16H8F3NO. The first-order chi connectivity index (χ1) is 10.1. The minimum atomic E-state index is -1.22. The maximum Gasteiger partial charge on any atom is 0.199 e. The van der Waals surface area contributed by atoms with Crippen molar-refractivity contribution in [1.29, 1.82) is 0 Å². The summed E-state index contributed by atoms with van der Waals surface area (Å²) in [7, 11) is 0. The maximum atomic E-state index is 13.7. The van der Waals surface area contributed by atoms with Crippen molar-refractivity contribution >= 4 is 16.6 Å². The van der Waals surface area contributed by atoms with E-state index in [4.69, 9.17) is 0 Å². The van der Waals surface area contributed by atoms with Gasteiger partial charge in [0.05, 0.1) is 5.56 Å². The van der Waals surface area contributed by atoms with E-state index in [-0.39, 0.29) is 5.56 Å². The van der Waals surface area contributed by atoms with Crippen molar-refractivity contribution < 1.29 is 18.0 Å². The number of nitrogens with zero attached hydrogens (tertiary/aromatic N) is 1. The summed E-state index contributed by atoms with van der Waals surface area (Å²) in [6.07, 6.45) is 3.03. The van der Waals surface area contributed by atoms with Crippen LogP contribution in [0.3, 0.4) is 0 Å². The average Bonchev–Trinajstić information content (AvgIpc) is 2.45. The Morgan fingerprint density at radius 2 is 1.71 bits per heavy atom. The van der Waals surface area contributed by atoms with Gasteiger partial charge in [0.2, 0.25) is 0 Å². The Morgan fingerprint density at radius 1 is 1.00 bits per heavy atom. The quantitative estimate of drug-likeness (QED) is 0.669. The van der Waals surface area contributed by atoms with Crippen LogP contribution in [-0.2, 0) is 0 Å². The van der Waals surface area contributed by atoms with E-state index in [0.717, 1.165) is 0 Å². The summed E-state index contributed by atoms with van der Waals surface area (Å²) >= 11 is 0. The van der Waals surface area contributed by atoms with E-state index in [9.17, 15) is 18.0 Å². The van der Waals surface area contributed by atoms with Crippen LogP contribution in [0.1, 0.15) is 15.9 Å². The molecule has 0 aliphatic heterocycles. The molecule has 3 rings (SSSR count). The van der Waals surface area contributed by atoms with Crippen molar-refractivity contribution in [2.45, 2.75) is 0 Å². The highest BCUT2D eigenvalue weighted by molar-refractivity contribution is 6.16. The van der Waals surface area contributed by atoms with Gasteiger partial charge in [-0.05, 0) is 11.5 Å². The number of hydrogen-bond acceptors (Lipinski definition) is 2. The van der Waals surface area contributed by atoms with Gasteiger partial charge in [0.1, 0.15) is 17.5 Å². The van der Waals surface area contributed by atoms with Gasteiger partial charge in [0.15, 0.2) is 5.78 Å². The van der Waals surface area contributed by atoms with E-state index in [1.807, 2.05) is 0 Å². The molecule has 21 heavy (non-hydrogen) atoms. The van der Waals surface area contributed by atoms with Gasteiger partial charge in [-0.3, -0.25) is 9.78 Å². The Kier molecular flexibility index (Phi) is 3.17. The van der Waals surface area contributed by atoms with Crippen molar-refractivity contribution in [2.24, 2.45) is 0 Å². The number of fused-ring (bicyclic) bond motifs is 1. The van der Waals surface area contributed by atoms with Gasteiger partial charge in [-0.25, -0.2) is 13.2 Å². The molecule has 0 unspecified atom stereocenters. The molecule has 1 aromatic heterocycles. The Morgan fingerprint density at radius 3 is 2.43 bits per heavy atom. The molecule has 0 saturated carbocycles. The van der Waals surface area contributed by atoms with E-state index < -0.39 is 28.8 Å².